The van der Waals surface area contributed by atoms with E-state index in [4.69, 9.17) is 9.47 Å². The number of pyridine rings is 1. The number of aromatic nitrogens is 1. The molecule has 1 aromatic heterocycles. The number of sulfonamides is 1. The number of fused-ring (bicyclic) bond motifs is 2. The average molecular weight is 506 g/mol. The summed E-state index contributed by atoms with van der Waals surface area (Å²) in [5, 5.41) is 2.89. The first-order chi connectivity index (χ1) is 17.3. The molecule has 1 aliphatic heterocycles. The van der Waals surface area contributed by atoms with Crippen LogP contribution in [0.4, 0.5) is 5.69 Å². The van der Waals surface area contributed by atoms with Crippen molar-refractivity contribution in [2.75, 3.05) is 17.9 Å². The fourth-order valence-electron chi connectivity index (χ4n) is 3.95. The minimum absolute atomic E-state index is 0.0834. The Hall–Kier alpha value is -4.31. The number of H-pyrrole nitrogens is 1. The Morgan fingerprint density at radius 2 is 1.72 bits per heavy atom. The molecule has 1 aliphatic rings. The van der Waals surface area contributed by atoms with Crippen molar-refractivity contribution in [1.29, 1.82) is 0 Å². The van der Waals surface area contributed by atoms with Gasteiger partial charge in [0, 0.05) is 23.2 Å². The van der Waals surface area contributed by atoms with E-state index >= 15 is 0 Å². The molecular formula is C26H23N3O6S. The maximum absolute atomic E-state index is 13.2. The number of aromatic amines is 1. The third-order valence-corrected chi connectivity index (χ3v) is 7.23. The number of amides is 1. The van der Waals surface area contributed by atoms with Crippen LogP contribution in [-0.4, -0.2) is 32.5 Å². The number of hydrogen-bond donors (Lipinski definition) is 3. The van der Waals surface area contributed by atoms with Crippen LogP contribution in [0.25, 0.3) is 10.9 Å². The predicted molar refractivity (Wildman–Crippen MR) is 135 cm³/mol. The third-order valence-electron chi connectivity index (χ3n) is 5.85. The molecule has 1 amide bonds. The summed E-state index contributed by atoms with van der Waals surface area (Å²) >= 11 is 0. The molecule has 3 aromatic carbocycles. The largest absolute Gasteiger partial charge is 0.486 e. The van der Waals surface area contributed by atoms with Crippen LogP contribution in [0.1, 0.15) is 28.9 Å². The highest BCUT2D eigenvalue weighted by Gasteiger charge is 2.20. The molecular weight excluding hydrogens is 482 g/mol. The summed E-state index contributed by atoms with van der Waals surface area (Å²) in [5.74, 6) is 0.419. The molecule has 1 atom stereocenters. The second kappa shape index (κ2) is 9.38. The van der Waals surface area contributed by atoms with Gasteiger partial charge >= 0.3 is 0 Å². The molecule has 0 aliphatic carbocycles. The highest BCUT2D eigenvalue weighted by molar-refractivity contribution is 7.92. The van der Waals surface area contributed by atoms with Crippen molar-refractivity contribution in [3.8, 4) is 11.5 Å². The molecule has 5 rings (SSSR count). The van der Waals surface area contributed by atoms with E-state index in [2.05, 4.69) is 15.0 Å². The van der Waals surface area contributed by atoms with Gasteiger partial charge in [0.25, 0.3) is 15.9 Å². The highest BCUT2D eigenvalue weighted by Crippen LogP contribution is 2.33. The number of carbonyl (C=O) groups is 1. The van der Waals surface area contributed by atoms with Crippen molar-refractivity contribution in [3.63, 3.8) is 0 Å². The van der Waals surface area contributed by atoms with E-state index < -0.39 is 21.4 Å². The van der Waals surface area contributed by atoms with E-state index in [1.54, 1.807) is 12.1 Å². The Bertz CT molecular complexity index is 1620. The van der Waals surface area contributed by atoms with Crippen molar-refractivity contribution in [1.82, 2.24) is 10.3 Å². The van der Waals surface area contributed by atoms with Crippen LogP contribution in [0.2, 0.25) is 0 Å². The molecule has 9 nitrogen and oxygen atoms in total. The second-order valence-electron chi connectivity index (χ2n) is 8.31. The van der Waals surface area contributed by atoms with E-state index in [1.807, 2.05) is 37.3 Å². The van der Waals surface area contributed by atoms with Gasteiger partial charge in [-0.25, -0.2) is 8.42 Å². The number of rotatable bonds is 6. The molecule has 0 bridgehead atoms. The monoisotopic (exact) mass is 505 g/mol. The van der Waals surface area contributed by atoms with Crippen LogP contribution in [0.5, 0.6) is 11.5 Å². The van der Waals surface area contributed by atoms with Gasteiger partial charge in [0.05, 0.1) is 16.6 Å². The van der Waals surface area contributed by atoms with Crippen molar-refractivity contribution >= 4 is 32.5 Å². The molecule has 2 heterocycles. The summed E-state index contributed by atoms with van der Waals surface area (Å²) in [6, 6.07) is 17.9. The third kappa shape index (κ3) is 4.63. The standard InChI is InChI=1S/C26H23N3O6S/c1-16(17-5-3-2-4-6-17)28-26(31)21-15-27-22-9-8-19(14-20(22)25(21)30)36(32,33)29-18-7-10-23-24(13-18)35-12-11-34-23/h2-10,13-16,29H,11-12H2,1H3,(H,27,30)(H,28,31)/t16-/m1/s1. The molecule has 0 fully saturated rings. The molecule has 10 heteroatoms. The van der Waals surface area contributed by atoms with Gasteiger partial charge in [-0.3, -0.25) is 14.3 Å². The maximum Gasteiger partial charge on any atom is 0.261 e. The number of benzene rings is 3. The fourth-order valence-corrected chi connectivity index (χ4v) is 5.03. The SMILES string of the molecule is C[C@@H](NC(=O)c1c[nH]c2ccc(S(=O)(=O)Nc3ccc4c(c3)OCCO4)cc2c1=O)c1ccccc1. The zero-order valence-electron chi connectivity index (χ0n) is 19.3. The lowest BCUT2D eigenvalue weighted by Gasteiger charge is -2.19. The number of carbonyl (C=O) groups excluding carboxylic acids is 1. The van der Waals surface area contributed by atoms with Crippen LogP contribution >= 0.6 is 0 Å². The second-order valence-corrected chi connectivity index (χ2v) is 9.99. The van der Waals surface area contributed by atoms with Crippen LogP contribution in [-0.2, 0) is 10.0 Å². The van der Waals surface area contributed by atoms with E-state index in [1.165, 1.54) is 30.5 Å². The van der Waals surface area contributed by atoms with Gasteiger partial charge in [0.1, 0.15) is 18.8 Å². The van der Waals surface area contributed by atoms with Gasteiger partial charge in [0.15, 0.2) is 11.5 Å². The van der Waals surface area contributed by atoms with Crippen molar-refractivity contribution in [2.45, 2.75) is 17.9 Å². The first kappa shape index (κ1) is 23.4. The molecule has 184 valence electrons. The van der Waals surface area contributed by atoms with Gasteiger partial charge in [-0.2, -0.15) is 0 Å². The summed E-state index contributed by atoms with van der Waals surface area (Å²) < 4.78 is 39.6. The van der Waals surface area contributed by atoms with Gasteiger partial charge in [-0.15, -0.1) is 0 Å². The van der Waals surface area contributed by atoms with E-state index in [9.17, 15) is 18.0 Å². The van der Waals surface area contributed by atoms with Crippen molar-refractivity contribution < 1.29 is 22.7 Å². The van der Waals surface area contributed by atoms with E-state index in [0.717, 1.165) is 5.56 Å². The normalized spacial score (nSPS) is 13.7. The summed E-state index contributed by atoms with van der Waals surface area (Å²) in [5.41, 5.74) is 0.904. The molecule has 0 radical (unpaired) electrons. The Labute approximate surface area is 207 Å². The van der Waals surface area contributed by atoms with Crippen molar-refractivity contribution in [3.05, 3.63) is 94.3 Å². The maximum atomic E-state index is 13.2. The van der Waals surface area contributed by atoms with Crippen LogP contribution in [0, 0.1) is 0 Å². The minimum Gasteiger partial charge on any atom is -0.486 e. The van der Waals surface area contributed by atoms with E-state index in [-0.39, 0.29) is 27.6 Å². The zero-order valence-corrected chi connectivity index (χ0v) is 20.1. The lowest BCUT2D eigenvalue weighted by atomic mass is 10.1. The highest BCUT2D eigenvalue weighted by atomic mass is 32.2. The summed E-state index contributed by atoms with van der Waals surface area (Å²) in [6.45, 7) is 2.61. The Kier molecular flexibility index (Phi) is 6.11. The Balaban J connectivity index is 1.43. The number of hydrogen-bond acceptors (Lipinski definition) is 6. The summed E-state index contributed by atoms with van der Waals surface area (Å²) in [7, 11) is -4.04. The predicted octanol–water partition coefficient (Wildman–Crippen LogP) is 3.59. The molecule has 4 aromatic rings. The lowest BCUT2D eigenvalue weighted by Crippen LogP contribution is -2.31. The summed E-state index contributed by atoms with van der Waals surface area (Å²) in [4.78, 5) is 28.8. The average Bonchev–Trinajstić information content (AvgIpc) is 2.89. The molecule has 36 heavy (non-hydrogen) atoms. The Morgan fingerprint density at radius 3 is 2.50 bits per heavy atom. The Morgan fingerprint density at radius 1 is 0.972 bits per heavy atom. The quantitative estimate of drug-likeness (QED) is 0.368. The van der Waals surface area contributed by atoms with Gasteiger partial charge < -0.3 is 19.8 Å². The molecule has 0 spiro atoms. The first-order valence-corrected chi connectivity index (χ1v) is 12.7. The molecule has 0 saturated heterocycles. The topological polar surface area (TPSA) is 127 Å². The number of anilines is 1. The van der Waals surface area contributed by atoms with Gasteiger partial charge in [0.2, 0.25) is 5.43 Å². The first-order valence-electron chi connectivity index (χ1n) is 11.3. The fraction of sp³-hybridized carbons (Fsp3) is 0.154. The number of ether oxygens (including phenoxy) is 2. The van der Waals surface area contributed by atoms with Gasteiger partial charge in [-0.05, 0) is 42.8 Å². The van der Waals surface area contributed by atoms with Crippen LogP contribution < -0.4 is 24.9 Å². The summed E-state index contributed by atoms with van der Waals surface area (Å²) in [6.07, 6.45) is 1.33. The molecule has 0 saturated carbocycles. The smallest absolute Gasteiger partial charge is 0.261 e. The molecule has 0 unspecified atom stereocenters. The molecule has 3 N–H and O–H groups in total. The zero-order chi connectivity index (χ0) is 25.3. The van der Waals surface area contributed by atoms with Crippen LogP contribution in [0.15, 0.2) is 82.6 Å². The number of nitrogens with one attached hydrogen (secondary N) is 3. The van der Waals surface area contributed by atoms with E-state index in [0.29, 0.717) is 30.2 Å². The lowest BCUT2D eigenvalue weighted by molar-refractivity contribution is 0.0938. The van der Waals surface area contributed by atoms with Crippen LogP contribution in [0.3, 0.4) is 0 Å². The van der Waals surface area contributed by atoms with Crippen molar-refractivity contribution in [2.24, 2.45) is 0 Å². The minimum atomic E-state index is -4.04. The van der Waals surface area contributed by atoms with Gasteiger partial charge in [-0.1, -0.05) is 30.3 Å².